The minimum absolute atomic E-state index is 0.179. The van der Waals surface area contributed by atoms with Crippen molar-refractivity contribution in [3.63, 3.8) is 0 Å². The van der Waals surface area contributed by atoms with Crippen LogP contribution in [-0.2, 0) is 10.5 Å². The average molecular weight is 443 g/mol. The number of amides is 1. The molecular formula is C25H22N4O2S. The fourth-order valence-electron chi connectivity index (χ4n) is 3.75. The molecule has 0 bridgehead atoms. The van der Waals surface area contributed by atoms with Crippen LogP contribution in [-0.4, -0.2) is 23.2 Å². The number of nitrogens with one attached hydrogen (secondary N) is 1. The molecule has 0 spiro atoms. The molecule has 5 rings (SSSR count). The Bertz CT molecular complexity index is 1330. The first kappa shape index (κ1) is 20.3. The summed E-state index contributed by atoms with van der Waals surface area (Å²) >= 11 is 1.50. The molecule has 2 aliphatic heterocycles. The summed E-state index contributed by atoms with van der Waals surface area (Å²) in [6, 6.07) is 23.7. The molecule has 3 aromatic rings. The predicted octanol–water partition coefficient (Wildman–Crippen LogP) is 3.08. The number of hydrogen-bond donors (Lipinski definition) is 1. The largest absolute Gasteiger partial charge is 0.497 e. The number of rotatable bonds is 4. The molecule has 0 aromatic heterocycles. The van der Waals surface area contributed by atoms with Crippen LogP contribution in [0.2, 0.25) is 0 Å². The lowest BCUT2D eigenvalue weighted by atomic mass is 10.1. The highest BCUT2D eigenvalue weighted by Gasteiger charge is 2.34. The maximum Gasteiger partial charge on any atom is 0.276 e. The lowest BCUT2D eigenvalue weighted by Gasteiger charge is -2.34. The van der Waals surface area contributed by atoms with Gasteiger partial charge >= 0.3 is 0 Å². The maximum atomic E-state index is 13.2. The van der Waals surface area contributed by atoms with Crippen LogP contribution >= 0.6 is 11.8 Å². The van der Waals surface area contributed by atoms with Gasteiger partial charge in [0.05, 0.1) is 12.5 Å². The van der Waals surface area contributed by atoms with E-state index in [1.807, 2.05) is 48.5 Å². The Morgan fingerprint density at radius 2 is 1.88 bits per heavy atom. The number of methoxy groups -OCH3 is 1. The normalized spacial score (nSPS) is 17.0. The quantitative estimate of drug-likeness (QED) is 0.674. The number of carbonyl (C=O) groups is 1. The first-order valence-corrected chi connectivity index (χ1v) is 11.3. The van der Waals surface area contributed by atoms with Gasteiger partial charge in [0.2, 0.25) is 0 Å². The Morgan fingerprint density at radius 1 is 1.06 bits per heavy atom. The molecule has 0 aliphatic carbocycles. The van der Waals surface area contributed by atoms with E-state index in [9.17, 15) is 4.79 Å². The molecule has 0 fully saturated rings. The Hall–Kier alpha value is -3.58. The van der Waals surface area contributed by atoms with Gasteiger partial charge in [0.15, 0.2) is 11.3 Å². The van der Waals surface area contributed by atoms with Crippen molar-refractivity contribution in [2.45, 2.75) is 18.8 Å². The second kappa shape index (κ2) is 8.51. The van der Waals surface area contributed by atoms with Crippen LogP contribution in [0.5, 0.6) is 5.75 Å². The van der Waals surface area contributed by atoms with Gasteiger partial charge in [-0.25, -0.2) is 5.01 Å². The van der Waals surface area contributed by atoms with Crippen molar-refractivity contribution >= 4 is 28.5 Å². The van der Waals surface area contributed by atoms with Crippen molar-refractivity contribution in [3.8, 4) is 5.75 Å². The number of nitrogens with zero attached hydrogens (tertiary/aromatic N) is 3. The molecule has 1 N–H and O–H groups in total. The molecule has 7 heteroatoms. The first-order chi connectivity index (χ1) is 15.6. The molecule has 32 heavy (non-hydrogen) atoms. The zero-order valence-corrected chi connectivity index (χ0v) is 18.6. The van der Waals surface area contributed by atoms with Crippen LogP contribution in [0.15, 0.2) is 82.9 Å². The van der Waals surface area contributed by atoms with Crippen LogP contribution in [0, 0.1) is 6.92 Å². The average Bonchev–Trinajstić information content (AvgIpc) is 2.83. The van der Waals surface area contributed by atoms with Crippen molar-refractivity contribution in [3.05, 3.63) is 100 Å². The van der Waals surface area contributed by atoms with E-state index in [-0.39, 0.29) is 5.91 Å². The van der Waals surface area contributed by atoms with Crippen LogP contribution in [0.25, 0.3) is 5.70 Å². The number of hydrogen-bond acceptors (Lipinski definition) is 6. The minimum Gasteiger partial charge on any atom is -0.497 e. The monoisotopic (exact) mass is 442 g/mol. The summed E-state index contributed by atoms with van der Waals surface area (Å²) in [5.41, 5.74) is 3.79. The lowest BCUT2D eigenvalue weighted by Crippen LogP contribution is -2.50. The Kier molecular flexibility index (Phi) is 5.41. The highest BCUT2D eigenvalue weighted by molar-refractivity contribution is 8.13. The van der Waals surface area contributed by atoms with Gasteiger partial charge in [-0.1, -0.05) is 71.9 Å². The Labute approximate surface area is 190 Å². The first-order valence-electron chi connectivity index (χ1n) is 10.3. The lowest BCUT2D eigenvalue weighted by molar-refractivity contribution is -0.116. The van der Waals surface area contributed by atoms with Crippen LogP contribution in [0.3, 0.4) is 0 Å². The number of ether oxygens (including phenoxy) is 1. The summed E-state index contributed by atoms with van der Waals surface area (Å²) < 4.78 is 5.40. The molecule has 3 aromatic carbocycles. The summed E-state index contributed by atoms with van der Waals surface area (Å²) in [6.07, 6.45) is -0.462. The molecule has 1 unspecified atom stereocenters. The van der Waals surface area contributed by atoms with Gasteiger partial charge < -0.3 is 4.74 Å². The van der Waals surface area contributed by atoms with E-state index in [1.54, 1.807) is 12.1 Å². The number of amidine groups is 1. The third-order valence-corrected chi connectivity index (χ3v) is 6.34. The summed E-state index contributed by atoms with van der Waals surface area (Å²) in [7, 11) is 1.64. The van der Waals surface area contributed by atoms with Crippen molar-refractivity contribution < 1.29 is 9.53 Å². The molecule has 6 nitrogen and oxygen atoms in total. The zero-order chi connectivity index (χ0) is 22.1. The molecule has 0 saturated heterocycles. The van der Waals surface area contributed by atoms with Gasteiger partial charge in [0, 0.05) is 16.5 Å². The number of para-hydroxylation sites is 1. The summed E-state index contributed by atoms with van der Waals surface area (Å²) in [5.74, 6) is 1.26. The smallest absolute Gasteiger partial charge is 0.276 e. The van der Waals surface area contributed by atoms with Crippen LogP contribution < -0.4 is 20.6 Å². The summed E-state index contributed by atoms with van der Waals surface area (Å²) in [5, 5.41) is 11.6. The van der Waals surface area contributed by atoms with Gasteiger partial charge in [-0.3, -0.25) is 15.1 Å². The van der Waals surface area contributed by atoms with E-state index in [4.69, 9.17) is 14.8 Å². The standard InChI is InChI=1S/C25H22N4O2S/c1-16-10-12-17(13-11-16)15-32-25-27-24(30)22-20-8-3-4-9-21(20)26-23(29(22)28-25)18-6-5-7-19(14-18)31-2/h3-14,23H,15H2,1-2H3,(H,27,28,30). The van der Waals surface area contributed by atoms with Gasteiger partial charge in [-0.15, -0.1) is 5.10 Å². The van der Waals surface area contributed by atoms with Crippen molar-refractivity contribution in [2.24, 2.45) is 10.1 Å². The van der Waals surface area contributed by atoms with E-state index in [0.29, 0.717) is 16.6 Å². The summed E-state index contributed by atoms with van der Waals surface area (Å²) in [6.45, 7) is 2.07. The van der Waals surface area contributed by atoms with Crippen molar-refractivity contribution in [1.29, 1.82) is 0 Å². The van der Waals surface area contributed by atoms with Gasteiger partial charge in [-0.05, 0) is 30.7 Å². The number of hydrazone groups is 1. The summed E-state index contributed by atoms with van der Waals surface area (Å²) in [4.78, 5) is 18.1. The van der Waals surface area contributed by atoms with Gasteiger partial charge in [-0.2, -0.15) is 0 Å². The molecule has 0 radical (unpaired) electrons. The number of benzene rings is 3. The van der Waals surface area contributed by atoms with Crippen molar-refractivity contribution in [1.82, 2.24) is 10.3 Å². The third kappa shape index (κ3) is 3.87. The molecular weight excluding hydrogens is 420 g/mol. The van der Waals surface area contributed by atoms with Gasteiger partial charge in [0.1, 0.15) is 11.4 Å². The topological polar surface area (TPSA) is 66.3 Å². The number of thioether (sulfide) groups is 1. The van der Waals surface area contributed by atoms with E-state index < -0.39 is 6.17 Å². The maximum absolute atomic E-state index is 13.2. The second-order valence-electron chi connectivity index (χ2n) is 7.62. The fourth-order valence-corrected chi connectivity index (χ4v) is 4.55. The molecule has 0 saturated carbocycles. The van der Waals surface area contributed by atoms with Gasteiger partial charge in [0.25, 0.3) is 5.91 Å². The number of carbonyl (C=O) groups excluding carboxylic acids is 1. The highest BCUT2D eigenvalue weighted by Crippen LogP contribution is 2.32. The number of aryl methyl sites for hydroxylation is 1. The van der Waals surface area contributed by atoms with E-state index in [1.165, 1.54) is 22.9 Å². The molecule has 160 valence electrons. The SMILES string of the molecule is COc1cccc(C2N=c3ccccc3=C3C(=O)NC(SCc4ccc(C)cc4)=NN32)c1. The highest BCUT2D eigenvalue weighted by atomic mass is 32.2. The van der Waals surface area contributed by atoms with E-state index >= 15 is 0 Å². The predicted molar refractivity (Wildman–Crippen MR) is 126 cm³/mol. The Morgan fingerprint density at radius 3 is 2.69 bits per heavy atom. The Balaban J connectivity index is 1.55. The van der Waals surface area contributed by atoms with Crippen LogP contribution in [0.1, 0.15) is 22.9 Å². The van der Waals surface area contributed by atoms with Crippen molar-refractivity contribution in [2.75, 3.05) is 7.11 Å². The number of fused-ring (bicyclic) bond motifs is 2. The van der Waals surface area contributed by atoms with Crippen LogP contribution in [0.4, 0.5) is 0 Å². The van der Waals surface area contributed by atoms with E-state index in [0.717, 1.165) is 21.9 Å². The fraction of sp³-hybridized carbons (Fsp3) is 0.160. The zero-order valence-electron chi connectivity index (χ0n) is 17.8. The molecule has 1 amide bonds. The molecule has 2 heterocycles. The molecule has 2 aliphatic rings. The second-order valence-corrected chi connectivity index (χ2v) is 8.59. The van der Waals surface area contributed by atoms with E-state index in [2.05, 4.69) is 36.5 Å². The third-order valence-electron chi connectivity index (χ3n) is 5.40. The minimum atomic E-state index is -0.462. The molecule has 1 atom stereocenters.